The quantitative estimate of drug-likeness (QED) is 0.735. The summed E-state index contributed by atoms with van der Waals surface area (Å²) in [4.78, 5) is 41.3. The Kier molecular flexibility index (Phi) is 6.49. The average molecular weight is 369 g/mol. The molecule has 0 bridgehead atoms. The average Bonchev–Trinajstić information content (AvgIpc) is 2.52. The second-order valence-corrected chi connectivity index (χ2v) is 8.14. The number of likely N-dealkylation sites (N-methyl/N-ethyl adjacent to an activating group) is 1. The van der Waals surface area contributed by atoms with Gasteiger partial charge in [0, 0.05) is 19.1 Å². The molecule has 1 N–H and O–H groups in total. The molecule has 0 aromatic heterocycles. The molecule has 148 valence electrons. The fraction of sp³-hybridized carbons (Fsp3) is 0.833. The Morgan fingerprint density at radius 2 is 1.81 bits per heavy atom. The van der Waals surface area contributed by atoms with Gasteiger partial charge in [0.15, 0.2) is 0 Å². The Morgan fingerprint density at radius 1 is 1.15 bits per heavy atom. The van der Waals surface area contributed by atoms with E-state index in [-0.39, 0.29) is 11.9 Å². The zero-order chi connectivity index (χ0) is 19.5. The van der Waals surface area contributed by atoms with Crippen LogP contribution in [-0.4, -0.2) is 78.7 Å². The normalized spacial score (nSPS) is 27.8. The lowest BCUT2D eigenvalue weighted by Gasteiger charge is -2.46. The van der Waals surface area contributed by atoms with Crippen molar-refractivity contribution in [2.45, 2.75) is 70.2 Å². The van der Waals surface area contributed by atoms with E-state index in [4.69, 9.17) is 9.47 Å². The van der Waals surface area contributed by atoms with Gasteiger partial charge in [-0.1, -0.05) is 12.8 Å². The highest BCUT2D eigenvalue weighted by Gasteiger charge is 2.44. The highest BCUT2D eigenvalue weighted by molar-refractivity contribution is 5.90. The second kappa shape index (κ2) is 8.24. The van der Waals surface area contributed by atoms with Crippen LogP contribution in [0.25, 0.3) is 0 Å². The minimum absolute atomic E-state index is 0.0615. The Hall–Kier alpha value is -1.83. The van der Waals surface area contributed by atoms with E-state index in [9.17, 15) is 14.4 Å². The zero-order valence-electron chi connectivity index (χ0n) is 16.4. The number of nitrogens with one attached hydrogen (secondary N) is 1. The van der Waals surface area contributed by atoms with Crippen LogP contribution in [0.4, 0.5) is 4.79 Å². The van der Waals surface area contributed by atoms with Crippen molar-refractivity contribution in [2.24, 2.45) is 0 Å². The number of carbonyl (C=O) groups excluding carboxylic acids is 3. The number of piperazine rings is 1. The maximum atomic E-state index is 13.2. The maximum Gasteiger partial charge on any atom is 0.408 e. The molecule has 0 spiro atoms. The number of amides is 2. The van der Waals surface area contributed by atoms with E-state index in [0.29, 0.717) is 19.5 Å². The van der Waals surface area contributed by atoms with Crippen LogP contribution in [0.3, 0.4) is 0 Å². The number of hydrogen-bond acceptors (Lipinski definition) is 6. The third kappa shape index (κ3) is 5.09. The number of carbonyl (C=O) groups is 3. The molecule has 0 radical (unpaired) electrons. The molecule has 2 saturated heterocycles. The summed E-state index contributed by atoms with van der Waals surface area (Å²) in [5.41, 5.74) is -0.639. The van der Waals surface area contributed by atoms with Crippen molar-refractivity contribution in [3.05, 3.63) is 0 Å². The van der Waals surface area contributed by atoms with Crippen molar-refractivity contribution in [3.8, 4) is 0 Å². The van der Waals surface area contributed by atoms with E-state index in [0.717, 1.165) is 19.3 Å². The lowest BCUT2D eigenvalue weighted by Crippen LogP contribution is -2.66. The van der Waals surface area contributed by atoms with Crippen LogP contribution < -0.4 is 5.32 Å². The predicted octanol–water partition coefficient (Wildman–Crippen LogP) is 1.14. The summed E-state index contributed by atoms with van der Waals surface area (Å²) in [5.74, 6) is -0.657. The summed E-state index contributed by atoms with van der Waals surface area (Å²) < 4.78 is 10.2. The molecule has 3 atom stereocenters. The van der Waals surface area contributed by atoms with Crippen molar-refractivity contribution in [1.82, 2.24) is 15.1 Å². The van der Waals surface area contributed by atoms with Gasteiger partial charge in [-0.25, -0.2) is 9.59 Å². The van der Waals surface area contributed by atoms with Gasteiger partial charge in [0.25, 0.3) is 0 Å². The first-order valence-electron chi connectivity index (χ1n) is 9.20. The zero-order valence-corrected chi connectivity index (χ0v) is 16.4. The van der Waals surface area contributed by atoms with Gasteiger partial charge in [-0.3, -0.25) is 4.79 Å². The van der Waals surface area contributed by atoms with E-state index in [1.54, 1.807) is 25.7 Å². The van der Waals surface area contributed by atoms with E-state index >= 15 is 0 Å². The summed E-state index contributed by atoms with van der Waals surface area (Å²) in [6.45, 7) is 6.45. The molecule has 2 rings (SSSR count). The number of rotatable bonds is 2. The molecule has 0 aromatic rings. The lowest BCUT2D eigenvalue weighted by molar-refractivity contribution is -0.161. The Labute approximate surface area is 155 Å². The van der Waals surface area contributed by atoms with Gasteiger partial charge in [-0.2, -0.15) is 0 Å². The van der Waals surface area contributed by atoms with Gasteiger partial charge in [0.05, 0.1) is 7.11 Å². The highest BCUT2D eigenvalue weighted by atomic mass is 16.6. The van der Waals surface area contributed by atoms with Gasteiger partial charge in [-0.05, 0) is 40.7 Å². The van der Waals surface area contributed by atoms with Crippen LogP contribution in [-0.2, 0) is 19.1 Å². The molecule has 8 heteroatoms. The monoisotopic (exact) mass is 369 g/mol. The minimum Gasteiger partial charge on any atom is -0.467 e. The molecule has 0 saturated carbocycles. The molecule has 0 unspecified atom stereocenters. The predicted molar refractivity (Wildman–Crippen MR) is 95.6 cm³/mol. The molecule has 0 aromatic carbocycles. The molecule has 8 nitrogen and oxygen atoms in total. The van der Waals surface area contributed by atoms with E-state index in [1.807, 2.05) is 11.9 Å². The highest BCUT2D eigenvalue weighted by Crippen LogP contribution is 2.25. The van der Waals surface area contributed by atoms with Crippen LogP contribution in [0.2, 0.25) is 0 Å². The first-order valence-corrected chi connectivity index (χ1v) is 9.20. The van der Waals surface area contributed by atoms with Gasteiger partial charge >= 0.3 is 12.1 Å². The van der Waals surface area contributed by atoms with Crippen molar-refractivity contribution in [1.29, 1.82) is 0 Å². The van der Waals surface area contributed by atoms with Crippen molar-refractivity contribution in [2.75, 3.05) is 27.2 Å². The number of nitrogens with zero attached hydrogens (tertiary/aromatic N) is 2. The van der Waals surface area contributed by atoms with Crippen LogP contribution in [0.1, 0.15) is 46.5 Å². The lowest BCUT2D eigenvalue weighted by atomic mass is 9.94. The summed E-state index contributed by atoms with van der Waals surface area (Å²) in [6.07, 6.45) is 2.52. The fourth-order valence-electron chi connectivity index (χ4n) is 3.66. The standard InChI is InChI=1S/C18H31N3O5/c1-18(2,3)26-17(24)19-13-9-7-6-8-12-10-20(4)11-14(16(23)25-5)21(12)15(13)22/h12-14H,6-11H2,1-5H3,(H,19,24)/t12-,13-,14-/m0/s1. The van der Waals surface area contributed by atoms with E-state index in [1.165, 1.54) is 7.11 Å². The molecule has 2 heterocycles. The summed E-state index contributed by atoms with van der Waals surface area (Å²) in [7, 11) is 3.27. The first-order chi connectivity index (χ1) is 12.1. The molecular formula is C18H31N3O5. The largest absolute Gasteiger partial charge is 0.467 e. The summed E-state index contributed by atoms with van der Waals surface area (Å²) >= 11 is 0. The van der Waals surface area contributed by atoms with Gasteiger partial charge in [0.1, 0.15) is 17.7 Å². The Balaban J connectivity index is 2.20. The summed E-state index contributed by atoms with van der Waals surface area (Å²) in [6, 6.07) is -1.41. The Bertz CT molecular complexity index is 545. The molecule has 0 aliphatic carbocycles. The van der Waals surface area contributed by atoms with Crippen molar-refractivity contribution >= 4 is 18.0 Å². The van der Waals surface area contributed by atoms with E-state index in [2.05, 4.69) is 5.32 Å². The first kappa shape index (κ1) is 20.5. The Morgan fingerprint density at radius 3 is 2.42 bits per heavy atom. The van der Waals surface area contributed by atoms with Gasteiger partial charge in [0.2, 0.25) is 5.91 Å². The van der Waals surface area contributed by atoms with Crippen molar-refractivity contribution in [3.63, 3.8) is 0 Å². The third-order valence-electron chi connectivity index (χ3n) is 4.73. The SMILES string of the molecule is COC(=O)[C@@H]1CN(C)C[C@@H]2CCCC[C@H](NC(=O)OC(C)(C)C)C(=O)N21. The van der Waals surface area contributed by atoms with Crippen molar-refractivity contribution < 1.29 is 23.9 Å². The molecule has 2 amide bonds. The van der Waals surface area contributed by atoms with Crippen LogP contribution >= 0.6 is 0 Å². The topological polar surface area (TPSA) is 88.2 Å². The second-order valence-electron chi connectivity index (χ2n) is 8.14. The van der Waals surface area contributed by atoms with Crippen LogP contribution in [0, 0.1) is 0 Å². The van der Waals surface area contributed by atoms with Gasteiger partial charge in [-0.15, -0.1) is 0 Å². The maximum absolute atomic E-state index is 13.2. The number of hydrogen-bond donors (Lipinski definition) is 1. The van der Waals surface area contributed by atoms with Crippen LogP contribution in [0.15, 0.2) is 0 Å². The third-order valence-corrected chi connectivity index (χ3v) is 4.73. The minimum atomic E-state index is -0.691. The molecule has 2 aliphatic heterocycles. The molecule has 2 fully saturated rings. The van der Waals surface area contributed by atoms with Crippen LogP contribution in [0.5, 0.6) is 0 Å². The van der Waals surface area contributed by atoms with E-state index < -0.39 is 29.7 Å². The fourth-order valence-corrected chi connectivity index (χ4v) is 3.66. The summed E-state index contributed by atoms with van der Waals surface area (Å²) in [5, 5.41) is 2.70. The number of fused-ring (bicyclic) bond motifs is 1. The number of ether oxygens (including phenoxy) is 2. The number of esters is 1. The molecular weight excluding hydrogens is 338 g/mol. The smallest absolute Gasteiger partial charge is 0.408 e. The van der Waals surface area contributed by atoms with Gasteiger partial charge < -0.3 is 24.6 Å². The molecule has 2 aliphatic rings. The number of methoxy groups -OCH3 is 1. The number of alkyl carbamates (subject to hydrolysis) is 1. The molecule has 26 heavy (non-hydrogen) atoms.